The van der Waals surface area contributed by atoms with Crippen LogP contribution in [0, 0.1) is 13.8 Å². The molecule has 3 nitrogen and oxygen atoms in total. The molecule has 1 unspecified atom stereocenters. The second-order valence-electron chi connectivity index (χ2n) is 4.13. The Morgan fingerprint density at radius 3 is 2.44 bits per heavy atom. The van der Waals surface area contributed by atoms with E-state index in [1.54, 1.807) is 0 Å². The number of hydrogen-bond acceptors (Lipinski definition) is 3. The van der Waals surface area contributed by atoms with E-state index in [-0.39, 0.29) is 0 Å². The van der Waals surface area contributed by atoms with Crippen molar-refractivity contribution >= 4 is 17.4 Å². The van der Waals surface area contributed by atoms with Crippen LogP contribution >= 0.6 is 11.6 Å². The van der Waals surface area contributed by atoms with Crippen molar-refractivity contribution in [2.45, 2.75) is 53.0 Å². The molecule has 0 aromatic carbocycles. The third kappa shape index (κ3) is 3.08. The van der Waals surface area contributed by atoms with Crippen LogP contribution in [0.4, 0.5) is 5.82 Å². The molecule has 0 saturated carbocycles. The molecule has 1 aromatic rings. The summed E-state index contributed by atoms with van der Waals surface area (Å²) in [5, 5.41) is 12.0. The highest BCUT2D eigenvalue weighted by Crippen LogP contribution is 2.22. The zero-order chi connectivity index (χ0) is 12.1. The number of halogens is 1. The van der Waals surface area contributed by atoms with E-state index in [0.717, 1.165) is 29.8 Å². The molecule has 0 aliphatic carbocycles. The van der Waals surface area contributed by atoms with Crippen molar-refractivity contribution in [3.8, 4) is 0 Å². The van der Waals surface area contributed by atoms with Crippen LogP contribution in [-0.2, 0) is 0 Å². The minimum atomic E-state index is 0.471. The van der Waals surface area contributed by atoms with Crippen LogP contribution in [0.1, 0.15) is 44.2 Å². The third-order valence-electron chi connectivity index (χ3n) is 2.94. The minimum Gasteiger partial charge on any atom is -0.366 e. The second-order valence-corrected chi connectivity index (χ2v) is 4.49. The third-order valence-corrected chi connectivity index (χ3v) is 3.29. The largest absolute Gasteiger partial charge is 0.366 e. The highest BCUT2D eigenvalue weighted by atomic mass is 35.5. The monoisotopic (exact) mass is 241 g/mol. The molecule has 4 heteroatoms. The molecule has 1 rings (SSSR count). The van der Waals surface area contributed by atoms with Gasteiger partial charge < -0.3 is 5.32 Å². The summed E-state index contributed by atoms with van der Waals surface area (Å²) in [5.74, 6) is 0.863. The maximum Gasteiger partial charge on any atom is 0.155 e. The van der Waals surface area contributed by atoms with E-state index in [1.165, 1.54) is 6.42 Å². The zero-order valence-corrected chi connectivity index (χ0v) is 11.2. The molecule has 0 bridgehead atoms. The average molecular weight is 242 g/mol. The number of rotatable bonds is 5. The molecule has 1 N–H and O–H groups in total. The Morgan fingerprint density at radius 1 is 1.19 bits per heavy atom. The first-order valence-electron chi connectivity index (χ1n) is 5.86. The van der Waals surface area contributed by atoms with Crippen LogP contribution in [0.5, 0.6) is 0 Å². The van der Waals surface area contributed by atoms with Crippen molar-refractivity contribution in [1.29, 1.82) is 0 Å². The van der Waals surface area contributed by atoms with Gasteiger partial charge in [-0.3, -0.25) is 0 Å². The minimum absolute atomic E-state index is 0.471. The molecule has 0 aliphatic heterocycles. The van der Waals surface area contributed by atoms with Crippen molar-refractivity contribution < 1.29 is 0 Å². The molecule has 1 atom stereocenters. The predicted octanol–water partition coefficient (Wildman–Crippen LogP) is 3.74. The summed E-state index contributed by atoms with van der Waals surface area (Å²) in [6, 6.07) is 0.471. The Hall–Kier alpha value is -0.830. The first-order valence-corrected chi connectivity index (χ1v) is 6.23. The van der Waals surface area contributed by atoms with E-state index >= 15 is 0 Å². The van der Waals surface area contributed by atoms with Gasteiger partial charge in [-0.05, 0) is 37.8 Å². The van der Waals surface area contributed by atoms with E-state index in [2.05, 4.69) is 29.4 Å². The molecular formula is C12H20ClN3. The number of nitrogens with zero attached hydrogens (tertiary/aromatic N) is 2. The second kappa shape index (κ2) is 6.04. The van der Waals surface area contributed by atoms with Gasteiger partial charge in [0, 0.05) is 6.04 Å². The Morgan fingerprint density at radius 2 is 1.88 bits per heavy atom. The predicted molar refractivity (Wildman–Crippen MR) is 69.1 cm³/mol. The smallest absolute Gasteiger partial charge is 0.155 e. The molecule has 0 spiro atoms. The van der Waals surface area contributed by atoms with E-state index in [0.29, 0.717) is 11.2 Å². The average Bonchev–Trinajstić information content (AvgIpc) is 2.29. The number of hydrogen-bond donors (Lipinski definition) is 1. The maximum atomic E-state index is 5.92. The van der Waals surface area contributed by atoms with Gasteiger partial charge >= 0.3 is 0 Å². The first-order chi connectivity index (χ1) is 7.60. The van der Waals surface area contributed by atoms with Crippen LogP contribution < -0.4 is 5.32 Å². The highest BCUT2D eigenvalue weighted by Gasteiger charge is 2.11. The van der Waals surface area contributed by atoms with Crippen molar-refractivity contribution in [3.63, 3.8) is 0 Å². The molecule has 0 aliphatic rings. The summed E-state index contributed by atoms with van der Waals surface area (Å²) >= 11 is 5.92. The summed E-state index contributed by atoms with van der Waals surface area (Å²) in [5.41, 5.74) is 2.10. The van der Waals surface area contributed by atoms with Gasteiger partial charge in [0.05, 0.1) is 0 Å². The summed E-state index contributed by atoms with van der Waals surface area (Å²) in [6.45, 7) is 8.37. The molecule has 0 amide bonds. The van der Waals surface area contributed by atoms with Gasteiger partial charge in [-0.2, -0.15) is 0 Å². The van der Waals surface area contributed by atoms with Gasteiger partial charge in [0.2, 0.25) is 0 Å². The van der Waals surface area contributed by atoms with Gasteiger partial charge in [0.25, 0.3) is 0 Å². The van der Waals surface area contributed by atoms with Gasteiger partial charge in [-0.25, -0.2) is 0 Å². The summed E-state index contributed by atoms with van der Waals surface area (Å²) in [4.78, 5) is 0. The molecule has 0 radical (unpaired) electrons. The van der Waals surface area contributed by atoms with Crippen LogP contribution in [-0.4, -0.2) is 16.2 Å². The fourth-order valence-electron chi connectivity index (χ4n) is 1.63. The Bertz CT molecular complexity index is 352. The summed E-state index contributed by atoms with van der Waals surface area (Å²) < 4.78 is 0. The molecular weight excluding hydrogens is 222 g/mol. The molecule has 16 heavy (non-hydrogen) atoms. The first kappa shape index (κ1) is 13.2. The van der Waals surface area contributed by atoms with Gasteiger partial charge in [0.1, 0.15) is 0 Å². The number of anilines is 1. The standard InChI is InChI=1S/C12H20ClN3/c1-5-7-10(6-2)14-12-9(4)8(3)11(13)15-16-12/h10H,5-7H2,1-4H3,(H,14,16). The topological polar surface area (TPSA) is 37.8 Å². The highest BCUT2D eigenvalue weighted by molar-refractivity contribution is 6.30. The van der Waals surface area contributed by atoms with Crippen LogP contribution in [0.2, 0.25) is 5.15 Å². The van der Waals surface area contributed by atoms with Gasteiger partial charge in [-0.1, -0.05) is 31.9 Å². The zero-order valence-electron chi connectivity index (χ0n) is 10.5. The van der Waals surface area contributed by atoms with Gasteiger partial charge in [0.15, 0.2) is 11.0 Å². The van der Waals surface area contributed by atoms with E-state index in [9.17, 15) is 0 Å². The maximum absolute atomic E-state index is 5.92. The molecule has 1 aromatic heterocycles. The van der Waals surface area contributed by atoms with Crippen LogP contribution in [0.15, 0.2) is 0 Å². The van der Waals surface area contributed by atoms with Gasteiger partial charge in [-0.15, -0.1) is 10.2 Å². The number of nitrogens with one attached hydrogen (secondary N) is 1. The van der Waals surface area contributed by atoms with E-state index < -0.39 is 0 Å². The fourth-order valence-corrected chi connectivity index (χ4v) is 1.81. The quantitative estimate of drug-likeness (QED) is 0.854. The van der Waals surface area contributed by atoms with E-state index in [4.69, 9.17) is 11.6 Å². The van der Waals surface area contributed by atoms with Crippen LogP contribution in [0.25, 0.3) is 0 Å². The van der Waals surface area contributed by atoms with Crippen molar-refractivity contribution in [2.24, 2.45) is 0 Å². The van der Waals surface area contributed by atoms with Crippen LogP contribution in [0.3, 0.4) is 0 Å². The molecule has 1 heterocycles. The fraction of sp³-hybridized carbons (Fsp3) is 0.667. The van der Waals surface area contributed by atoms with Crippen molar-refractivity contribution in [3.05, 3.63) is 16.3 Å². The lowest BCUT2D eigenvalue weighted by Gasteiger charge is -2.18. The lowest BCUT2D eigenvalue weighted by Crippen LogP contribution is -2.20. The van der Waals surface area contributed by atoms with Crippen molar-refractivity contribution in [2.75, 3.05) is 5.32 Å². The Kier molecular flexibility index (Phi) is 5.00. The molecule has 90 valence electrons. The normalized spacial score (nSPS) is 12.6. The lowest BCUT2D eigenvalue weighted by atomic mass is 10.1. The summed E-state index contributed by atoms with van der Waals surface area (Å²) in [6.07, 6.45) is 3.42. The molecule has 0 fully saturated rings. The SMILES string of the molecule is CCCC(CC)Nc1nnc(Cl)c(C)c1C. The van der Waals surface area contributed by atoms with E-state index in [1.807, 2.05) is 13.8 Å². The Balaban J connectivity index is 2.84. The number of aromatic nitrogens is 2. The Labute approximate surface area is 103 Å². The van der Waals surface area contributed by atoms with Crippen molar-refractivity contribution in [1.82, 2.24) is 10.2 Å². The lowest BCUT2D eigenvalue weighted by molar-refractivity contribution is 0.618. The summed E-state index contributed by atoms with van der Waals surface area (Å²) in [7, 11) is 0. The molecule has 0 saturated heterocycles.